The molecule has 102 valence electrons. The minimum absolute atomic E-state index is 0.320. The Morgan fingerprint density at radius 3 is 2.58 bits per heavy atom. The van der Waals surface area contributed by atoms with Gasteiger partial charge >= 0.3 is 5.97 Å². The van der Waals surface area contributed by atoms with Crippen LogP contribution in [0, 0.1) is 6.92 Å². The Labute approximate surface area is 121 Å². The van der Waals surface area contributed by atoms with E-state index in [1.165, 1.54) is 21.1 Å². The van der Waals surface area contributed by atoms with E-state index in [2.05, 4.69) is 26.0 Å². The van der Waals surface area contributed by atoms with Gasteiger partial charge in [0.1, 0.15) is 4.88 Å². The molecule has 0 spiro atoms. The van der Waals surface area contributed by atoms with E-state index < -0.39 is 0 Å². The fourth-order valence-electron chi connectivity index (χ4n) is 1.93. The first-order valence-electron chi connectivity index (χ1n) is 6.23. The first-order chi connectivity index (χ1) is 9.08. The van der Waals surface area contributed by atoms with Gasteiger partial charge in [0.25, 0.3) is 0 Å². The highest BCUT2D eigenvalue weighted by molar-refractivity contribution is 7.23. The molecule has 5 heteroatoms. The minimum atomic E-state index is -0.320. The number of ether oxygens (including phenoxy) is 1. The van der Waals surface area contributed by atoms with Crippen LogP contribution in [0.1, 0.15) is 34.0 Å². The number of nitrogen functional groups attached to an aromatic ring is 1. The Bertz CT molecular complexity index is 599. The van der Waals surface area contributed by atoms with Crippen LogP contribution in [0.2, 0.25) is 0 Å². The highest BCUT2D eigenvalue weighted by atomic mass is 32.1. The van der Waals surface area contributed by atoms with Crippen LogP contribution >= 0.6 is 22.7 Å². The van der Waals surface area contributed by atoms with Crippen molar-refractivity contribution in [2.45, 2.75) is 27.2 Å². The molecule has 3 nitrogen and oxygen atoms in total. The van der Waals surface area contributed by atoms with Crippen molar-refractivity contribution in [3.8, 4) is 9.75 Å². The molecular weight excluding hydrogens is 278 g/mol. The molecule has 0 aliphatic rings. The van der Waals surface area contributed by atoms with Gasteiger partial charge in [-0.25, -0.2) is 4.79 Å². The Kier molecular flexibility index (Phi) is 4.27. The number of anilines is 1. The summed E-state index contributed by atoms with van der Waals surface area (Å²) >= 11 is 3.16. The van der Waals surface area contributed by atoms with Gasteiger partial charge in [-0.05, 0) is 38.0 Å². The number of rotatable bonds is 4. The molecule has 0 saturated carbocycles. The average molecular weight is 295 g/mol. The van der Waals surface area contributed by atoms with Crippen LogP contribution in [0.3, 0.4) is 0 Å². The summed E-state index contributed by atoms with van der Waals surface area (Å²) in [7, 11) is 0. The normalized spacial score (nSPS) is 10.7. The quantitative estimate of drug-likeness (QED) is 0.864. The first kappa shape index (κ1) is 14.1. The lowest BCUT2D eigenvalue weighted by Crippen LogP contribution is -2.05. The zero-order valence-electron chi connectivity index (χ0n) is 11.3. The molecule has 2 aromatic heterocycles. The van der Waals surface area contributed by atoms with E-state index in [9.17, 15) is 4.79 Å². The standard InChI is InChI=1S/C14H17NO2S2/c1-4-9-11(15)13(14(16)17-5-2)19-12(9)10-7-6-8(3)18-10/h6-7H,4-5,15H2,1-3H3. The molecule has 2 aromatic rings. The largest absolute Gasteiger partial charge is 0.462 e. The van der Waals surface area contributed by atoms with Gasteiger partial charge in [-0.15, -0.1) is 22.7 Å². The smallest absolute Gasteiger partial charge is 0.350 e. The van der Waals surface area contributed by atoms with E-state index in [-0.39, 0.29) is 5.97 Å². The Balaban J connectivity index is 2.50. The van der Waals surface area contributed by atoms with Crippen LogP contribution in [-0.2, 0) is 11.2 Å². The summed E-state index contributed by atoms with van der Waals surface area (Å²) in [6.45, 7) is 6.29. The van der Waals surface area contributed by atoms with E-state index >= 15 is 0 Å². The van der Waals surface area contributed by atoms with Crippen LogP contribution in [0.25, 0.3) is 9.75 Å². The van der Waals surface area contributed by atoms with E-state index in [1.54, 1.807) is 18.3 Å². The fraction of sp³-hybridized carbons (Fsp3) is 0.357. The molecule has 0 aromatic carbocycles. The minimum Gasteiger partial charge on any atom is -0.462 e. The second-order valence-corrected chi connectivity index (χ2v) is 6.45. The van der Waals surface area contributed by atoms with E-state index in [0.29, 0.717) is 17.2 Å². The third-order valence-electron chi connectivity index (χ3n) is 2.83. The number of hydrogen-bond acceptors (Lipinski definition) is 5. The van der Waals surface area contributed by atoms with Gasteiger partial charge in [0.15, 0.2) is 0 Å². The van der Waals surface area contributed by atoms with Crippen molar-refractivity contribution in [1.82, 2.24) is 0 Å². The van der Waals surface area contributed by atoms with E-state index in [0.717, 1.165) is 16.9 Å². The Morgan fingerprint density at radius 2 is 2.05 bits per heavy atom. The van der Waals surface area contributed by atoms with E-state index in [4.69, 9.17) is 10.5 Å². The molecule has 2 heterocycles. The second-order valence-electron chi connectivity index (χ2n) is 4.14. The Morgan fingerprint density at radius 1 is 1.32 bits per heavy atom. The number of esters is 1. The molecule has 0 unspecified atom stereocenters. The summed E-state index contributed by atoms with van der Waals surface area (Å²) in [4.78, 5) is 15.9. The molecular formula is C14H17NO2S2. The van der Waals surface area contributed by atoms with Gasteiger partial charge in [-0.2, -0.15) is 0 Å². The molecule has 0 saturated heterocycles. The van der Waals surface area contributed by atoms with Gasteiger partial charge < -0.3 is 10.5 Å². The summed E-state index contributed by atoms with van der Waals surface area (Å²) < 4.78 is 5.06. The maximum absolute atomic E-state index is 11.9. The number of nitrogens with two attached hydrogens (primary N) is 1. The molecule has 0 radical (unpaired) electrons. The van der Waals surface area contributed by atoms with Crippen LogP contribution in [0.15, 0.2) is 12.1 Å². The number of carbonyl (C=O) groups is 1. The van der Waals surface area contributed by atoms with Crippen LogP contribution in [0.4, 0.5) is 5.69 Å². The molecule has 2 N–H and O–H groups in total. The molecule has 19 heavy (non-hydrogen) atoms. The average Bonchev–Trinajstić information content (AvgIpc) is 2.93. The predicted molar refractivity (Wildman–Crippen MR) is 82.1 cm³/mol. The molecule has 2 rings (SSSR count). The number of carbonyl (C=O) groups excluding carboxylic acids is 1. The van der Waals surface area contributed by atoms with Crippen molar-refractivity contribution in [1.29, 1.82) is 0 Å². The van der Waals surface area contributed by atoms with Gasteiger partial charge in [0, 0.05) is 9.75 Å². The van der Waals surface area contributed by atoms with Crippen molar-refractivity contribution in [3.63, 3.8) is 0 Å². The van der Waals surface area contributed by atoms with Crippen LogP contribution in [-0.4, -0.2) is 12.6 Å². The number of hydrogen-bond donors (Lipinski definition) is 1. The number of thiophene rings is 2. The van der Waals surface area contributed by atoms with Gasteiger partial charge in [-0.3, -0.25) is 0 Å². The summed E-state index contributed by atoms with van der Waals surface area (Å²) in [5.41, 5.74) is 7.73. The van der Waals surface area contributed by atoms with Crippen molar-refractivity contribution in [2.24, 2.45) is 0 Å². The monoisotopic (exact) mass is 295 g/mol. The first-order valence-corrected chi connectivity index (χ1v) is 7.86. The lowest BCUT2D eigenvalue weighted by molar-refractivity contribution is 0.0533. The number of aryl methyl sites for hydroxylation is 1. The molecule has 0 bridgehead atoms. The summed E-state index contributed by atoms with van der Waals surface area (Å²) in [6.07, 6.45) is 0.814. The van der Waals surface area contributed by atoms with Gasteiger partial charge in [-0.1, -0.05) is 6.92 Å². The SMILES string of the molecule is CCOC(=O)c1sc(-c2ccc(C)s2)c(CC)c1N. The topological polar surface area (TPSA) is 52.3 Å². The zero-order chi connectivity index (χ0) is 14.0. The van der Waals surface area contributed by atoms with Crippen molar-refractivity contribution in [2.75, 3.05) is 12.3 Å². The van der Waals surface area contributed by atoms with Crippen LogP contribution in [0.5, 0.6) is 0 Å². The summed E-state index contributed by atoms with van der Waals surface area (Å²) in [6, 6.07) is 4.17. The van der Waals surface area contributed by atoms with Gasteiger partial charge in [0.05, 0.1) is 17.2 Å². The van der Waals surface area contributed by atoms with Gasteiger partial charge in [0.2, 0.25) is 0 Å². The Hall–Kier alpha value is -1.33. The molecule has 0 aliphatic carbocycles. The summed E-state index contributed by atoms with van der Waals surface area (Å²) in [5.74, 6) is -0.320. The highest BCUT2D eigenvalue weighted by Gasteiger charge is 2.22. The highest BCUT2D eigenvalue weighted by Crippen LogP contribution is 2.41. The lowest BCUT2D eigenvalue weighted by Gasteiger charge is -2.01. The van der Waals surface area contributed by atoms with Crippen LogP contribution < -0.4 is 5.73 Å². The molecule has 0 fully saturated rings. The van der Waals surface area contributed by atoms with Crippen molar-refractivity contribution in [3.05, 3.63) is 27.5 Å². The van der Waals surface area contributed by atoms with Crippen molar-refractivity contribution < 1.29 is 9.53 Å². The lowest BCUT2D eigenvalue weighted by atomic mass is 10.1. The van der Waals surface area contributed by atoms with E-state index in [1.807, 2.05) is 0 Å². The maximum Gasteiger partial charge on any atom is 0.350 e. The molecule has 0 atom stereocenters. The van der Waals surface area contributed by atoms with Crippen molar-refractivity contribution >= 4 is 34.3 Å². The predicted octanol–water partition coefficient (Wildman–Crippen LogP) is 4.11. The molecule has 0 aliphatic heterocycles. The third-order valence-corrected chi connectivity index (χ3v) is 5.24. The third kappa shape index (κ3) is 2.67. The maximum atomic E-state index is 11.9. The molecule has 0 amide bonds. The second kappa shape index (κ2) is 5.75. The zero-order valence-corrected chi connectivity index (χ0v) is 12.9. The fourth-order valence-corrected chi connectivity index (χ4v) is 4.14. The summed E-state index contributed by atoms with van der Waals surface area (Å²) in [5, 5.41) is 0.